The van der Waals surface area contributed by atoms with Gasteiger partial charge in [-0.15, -0.1) is 0 Å². The molecule has 1 aliphatic rings. The van der Waals surface area contributed by atoms with Crippen LogP contribution in [-0.4, -0.2) is 18.2 Å². The van der Waals surface area contributed by atoms with Gasteiger partial charge >= 0.3 is 0 Å². The highest BCUT2D eigenvalue weighted by Crippen LogP contribution is 2.25. The molecule has 6 heteroatoms. The molecule has 1 saturated carbocycles. The van der Waals surface area contributed by atoms with Crippen molar-refractivity contribution in [1.82, 2.24) is 5.43 Å². The minimum atomic E-state index is -0.145. The summed E-state index contributed by atoms with van der Waals surface area (Å²) < 4.78 is 0.831. The number of amides is 1. The normalized spacial score (nSPS) is 15.2. The van der Waals surface area contributed by atoms with Gasteiger partial charge in [-0.3, -0.25) is 4.79 Å². The van der Waals surface area contributed by atoms with Crippen LogP contribution < -0.4 is 10.7 Å². The lowest BCUT2D eigenvalue weighted by Gasteiger charge is -2.08. The molecule has 0 bridgehead atoms. The predicted octanol–water partition coefficient (Wildman–Crippen LogP) is 4.34. The number of nitrogens with zero attached hydrogens (tertiary/aromatic N) is 1. The van der Waals surface area contributed by atoms with Gasteiger partial charge in [0.25, 0.3) is 5.91 Å². The average Bonchev–Trinajstić information content (AvgIpc) is 2.73. The molecule has 1 aliphatic carbocycles. The van der Waals surface area contributed by atoms with E-state index in [-0.39, 0.29) is 12.5 Å². The summed E-state index contributed by atoms with van der Waals surface area (Å²) >= 11 is 9.28. The molecule has 1 fully saturated rings. The Hall–Kier alpha value is -1.07. The van der Waals surface area contributed by atoms with Crippen molar-refractivity contribution in [2.24, 2.45) is 5.10 Å². The van der Waals surface area contributed by atoms with Gasteiger partial charge in [-0.25, -0.2) is 5.43 Å². The first kappa shape index (κ1) is 16.3. The second kappa shape index (κ2) is 8.39. The zero-order valence-corrected chi connectivity index (χ0v) is 14.1. The molecule has 0 aliphatic heterocycles. The highest BCUT2D eigenvalue weighted by molar-refractivity contribution is 9.10. The maximum absolute atomic E-state index is 11.8. The summed E-state index contributed by atoms with van der Waals surface area (Å²) in [4.78, 5) is 11.8. The van der Waals surface area contributed by atoms with Gasteiger partial charge in [-0.05, 0) is 59.8 Å². The van der Waals surface area contributed by atoms with Crippen LogP contribution in [0.25, 0.3) is 0 Å². The van der Waals surface area contributed by atoms with E-state index in [0.29, 0.717) is 5.02 Å². The van der Waals surface area contributed by atoms with Gasteiger partial charge < -0.3 is 5.32 Å². The van der Waals surface area contributed by atoms with Gasteiger partial charge in [0, 0.05) is 20.9 Å². The Bertz CT molecular complexity index is 524. The maximum Gasteiger partial charge on any atom is 0.259 e. The fourth-order valence-corrected chi connectivity index (χ4v) is 3.06. The van der Waals surface area contributed by atoms with Crippen LogP contribution in [0.5, 0.6) is 0 Å². The molecule has 0 spiro atoms. The number of hydrogen-bond acceptors (Lipinski definition) is 3. The topological polar surface area (TPSA) is 53.5 Å². The van der Waals surface area contributed by atoms with Crippen LogP contribution in [0.15, 0.2) is 27.8 Å². The summed E-state index contributed by atoms with van der Waals surface area (Å²) in [5.41, 5.74) is 4.56. The molecule has 0 aromatic heterocycles. The van der Waals surface area contributed by atoms with Crippen molar-refractivity contribution >= 4 is 44.8 Å². The molecule has 114 valence electrons. The van der Waals surface area contributed by atoms with E-state index in [1.165, 1.54) is 25.7 Å². The van der Waals surface area contributed by atoms with Crippen LogP contribution in [0, 0.1) is 0 Å². The SMILES string of the molecule is O=C(CNc1ccc(Cl)cc1Br)NN=C1CCCCCC1. The minimum absolute atomic E-state index is 0.145. The van der Waals surface area contributed by atoms with Crippen LogP contribution in [0.4, 0.5) is 5.69 Å². The zero-order chi connectivity index (χ0) is 15.1. The first-order chi connectivity index (χ1) is 10.1. The van der Waals surface area contributed by atoms with Crippen LogP contribution in [-0.2, 0) is 4.79 Å². The van der Waals surface area contributed by atoms with E-state index < -0.39 is 0 Å². The number of carbonyl (C=O) groups excluding carboxylic acids is 1. The third-order valence-electron chi connectivity index (χ3n) is 3.39. The first-order valence-electron chi connectivity index (χ1n) is 7.18. The van der Waals surface area contributed by atoms with E-state index in [4.69, 9.17) is 11.6 Å². The molecule has 1 amide bonds. The smallest absolute Gasteiger partial charge is 0.259 e. The van der Waals surface area contributed by atoms with Crippen molar-refractivity contribution in [3.05, 3.63) is 27.7 Å². The fourth-order valence-electron chi connectivity index (χ4n) is 2.24. The lowest BCUT2D eigenvalue weighted by atomic mass is 10.2. The molecule has 1 aromatic rings. The summed E-state index contributed by atoms with van der Waals surface area (Å²) in [6.45, 7) is 0.178. The van der Waals surface area contributed by atoms with Crippen molar-refractivity contribution in [1.29, 1.82) is 0 Å². The molecule has 0 atom stereocenters. The molecule has 0 radical (unpaired) electrons. The molecule has 0 heterocycles. The monoisotopic (exact) mass is 371 g/mol. The summed E-state index contributed by atoms with van der Waals surface area (Å²) in [6, 6.07) is 5.39. The Labute approximate surface area is 138 Å². The van der Waals surface area contributed by atoms with Gasteiger partial charge in [0.05, 0.1) is 6.54 Å². The van der Waals surface area contributed by atoms with E-state index in [9.17, 15) is 4.79 Å². The third-order valence-corrected chi connectivity index (χ3v) is 4.28. The van der Waals surface area contributed by atoms with Gasteiger partial charge in [0.15, 0.2) is 0 Å². The maximum atomic E-state index is 11.8. The number of hydrazone groups is 1. The van der Waals surface area contributed by atoms with Crippen LogP contribution in [0.3, 0.4) is 0 Å². The lowest BCUT2D eigenvalue weighted by Crippen LogP contribution is -2.27. The molecule has 2 N–H and O–H groups in total. The standard InChI is InChI=1S/C15H19BrClN3O/c16-13-9-11(17)7-8-14(13)18-10-15(21)20-19-12-5-3-1-2-4-6-12/h7-9,18H,1-6,10H2,(H,20,21). The highest BCUT2D eigenvalue weighted by atomic mass is 79.9. The Kier molecular flexibility index (Phi) is 6.51. The Morgan fingerprint density at radius 3 is 2.62 bits per heavy atom. The average molecular weight is 373 g/mol. The number of nitrogens with one attached hydrogen (secondary N) is 2. The van der Waals surface area contributed by atoms with Gasteiger partial charge in [0.1, 0.15) is 0 Å². The largest absolute Gasteiger partial charge is 0.375 e. The van der Waals surface area contributed by atoms with Crippen LogP contribution in [0.2, 0.25) is 5.02 Å². The molecular weight excluding hydrogens is 354 g/mol. The van der Waals surface area contributed by atoms with Crippen molar-refractivity contribution < 1.29 is 4.79 Å². The fraction of sp³-hybridized carbons (Fsp3) is 0.467. The highest BCUT2D eigenvalue weighted by Gasteiger charge is 2.07. The minimum Gasteiger partial charge on any atom is -0.375 e. The zero-order valence-electron chi connectivity index (χ0n) is 11.8. The third kappa shape index (κ3) is 5.67. The summed E-state index contributed by atoms with van der Waals surface area (Å²) in [5.74, 6) is -0.145. The molecule has 1 aromatic carbocycles. The Morgan fingerprint density at radius 1 is 1.24 bits per heavy atom. The molecule has 0 saturated heterocycles. The van der Waals surface area contributed by atoms with Crippen molar-refractivity contribution in [2.45, 2.75) is 38.5 Å². The second-order valence-corrected chi connectivity index (χ2v) is 6.40. The molecule has 4 nitrogen and oxygen atoms in total. The van der Waals surface area contributed by atoms with E-state index in [1.807, 2.05) is 6.07 Å². The van der Waals surface area contributed by atoms with E-state index in [2.05, 4.69) is 31.8 Å². The number of rotatable bonds is 4. The van der Waals surface area contributed by atoms with E-state index in [0.717, 1.165) is 28.7 Å². The summed E-state index contributed by atoms with van der Waals surface area (Å²) in [5, 5.41) is 7.94. The second-order valence-electron chi connectivity index (χ2n) is 5.10. The van der Waals surface area contributed by atoms with Crippen molar-refractivity contribution in [3.63, 3.8) is 0 Å². The number of anilines is 1. The molecule has 2 rings (SSSR count). The summed E-state index contributed by atoms with van der Waals surface area (Å²) in [6.07, 6.45) is 6.86. The van der Waals surface area contributed by atoms with Gasteiger partial charge in [-0.1, -0.05) is 24.4 Å². The molecule has 21 heavy (non-hydrogen) atoms. The van der Waals surface area contributed by atoms with Gasteiger partial charge in [0.2, 0.25) is 0 Å². The first-order valence-corrected chi connectivity index (χ1v) is 8.35. The van der Waals surface area contributed by atoms with Gasteiger partial charge in [-0.2, -0.15) is 5.10 Å². The summed E-state index contributed by atoms with van der Waals surface area (Å²) in [7, 11) is 0. The van der Waals surface area contributed by atoms with Crippen molar-refractivity contribution in [2.75, 3.05) is 11.9 Å². The Morgan fingerprint density at radius 2 is 1.95 bits per heavy atom. The predicted molar refractivity (Wildman–Crippen MR) is 90.9 cm³/mol. The number of benzene rings is 1. The number of hydrogen-bond donors (Lipinski definition) is 2. The molecular formula is C15H19BrClN3O. The van der Waals surface area contributed by atoms with Crippen LogP contribution >= 0.6 is 27.5 Å². The number of carbonyl (C=O) groups is 1. The lowest BCUT2D eigenvalue weighted by molar-refractivity contribution is -0.119. The Balaban J connectivity index is 1.80. The van der Waals surface area contributed by atoms with E-state index >= 15 is 0 Å². The van der Waals surface area contributed by atoms with E-state index in [1.54, 1.807) is 12.1 Å². The number of halogens is 2. The van der Waals surface area contributed by atoms with Crippen LogP contribution in [0.1, 0.15) is 38.5 Å². The molecule has 0 unspecified atom stereocenters. The van der Waals surface area contributed by atoms with Crippen molar-refractivity contribution in [3.8, 4) is 0 Å². The quantitative estimate of drug-likeness (QED) is 0.610.